The summed E-state index contributed by atoms with van der Waals surface area (Å²) in [4.78, 5) is -0.716. The lowest BCUT2D eigenvalue weighted by Crippen LogP contribution is -2.15. The van der Waals surface area contributed by atoms with Gasteiger partial charge in [-0.2, -0.15) is 22.0 Å². The Morgan fingerprint density at radius 1 is 1.07 bits per heavy atom. The summed E-state index contributed by atoms with van der Waals surface area (Å²) in [6.07, 6.45) is -4.86. The maximum Gasteiger partial charge on any atom is 0.417 e. The van der Waals surface area contributed by atoms with Crippen molar-refractivity contribution >= 4 is 27.3 Å². The maximum atomic E-state index is 12.9. The van der Waals surface area contributed by atoms with Gasteiger partial charge in [-0.25, -0.2) is 8.42 Å². The number of rotatable bonds is 6. The smallest absolute Gasteiger partial charge is 0.417 e. The standard InChI is InChI=1S/C15H11ClF5NO4S/c1-25-12-5-2-8(6-13(12)26-14(17)18)22-27(23,24)9-3-4-11(16)10(7-9)15(19,20)21/h2-7,14,22H,1H3. The van der Waals surface area contributed by atoms with Crippen LogP contribution in [-0.2, 0) is 16.2 Å². The van der Waals surface area contributed by atoms with Crippen LogP contribution in [0.3, 0.4) is 0 Å². The van der Waals surface area contributed by atoms with E-state index in [0.29, 0.717) is 6.07 Å². The highest BCUT2D eigenvalue weighted by Gasteiger charge is 2.34. The number of hydrogen-bond donors (Lipinski definition) is 1. The highest BCUT2D eigenvalue weighted by molar-refractivity contribution is 7.92. The summed E-state index contributed by atoms with van der Waals surface area (Å²) < 4.78 is 99.2. The van der Waals surface area contributed by atoms with E-state index in [1.165, 1.54) is 7.11 Å². The number of anilines is 1. The van der Waals surface area contributed by atoms with Gasteiger partial charge in [-0.15, -0.1) is 0 Å². The largest absolute Gasteiger partial charge is 0.493 e. The molecule has 2 rings (SSSR count). The van der Waals surface area contributed by atoms with Crippen LogP contribution in [0.25, 0.3) is 0 Å². The normalized spacial score (nSPS) is 12.1. The molecule has 0 fully saturated rings. The second-order valence-electron chi connectivity index (χ2n) is 4.99. The number of hydrogen-bond acceptors (Lipinski definition) is 4. The molecule has 12 heteroatoms. The Bertz CT molecular complexity index is 934. The SMILES string of the molecule is COc1ccc(NS(=O)(=O)c2ccc(Cl)c(C(F)(F)F)c2)cc1OC(F)F. The highest BCUT2D eigenvalue weighted by atomic mass is 35.5. The molecule has 0 aliphatic carbocycles. The van der Waals surface area contributed by atoms with Crippen molar-refractivity contribution in [3.8, 4) is 11.5 Å². The first-order chi connectivity index (χ1) is 12.4. The van der Waals surface area contributed by atoms with Gasteiger partial charge in [-0.05, 0) is 30.3 Å². The molecule has 27 heavy (non-hydrogen) atoms. The van der Waals surface area contributed by atoms with E-state index >= 15 is 0 Å². The Kier molecular flexibility index (Phi) is 6.05. The van der Waals surface area contributed by atoms with Gasteiger partial charge in [0.15, 0.2) is 11.5 Å². The number of ether oxygens (including phenoxy) is 2. The number of sulfonamides is 1. The van der Waals surface area contributed by atoms with E-state index in [0.717, 1.165) is 30.3 Å². The summed E-state index contributed by atoms with van der Waals surface area (Å²) in [5, 5.41) is -0.668. The first kappa shape index (κ1) is 21.0. The fourth-order valence-electron chi connectivity index (χ4n) is 2.03. The Labute approximate surface area is 155 Å². The van der Waals surface area contributed by atoms with Crippen molar-refractivity contribution < 1.29 is 39.8 Å². The summed E-state index contributed by atoms with van der Waals surface area (Å²) in [5.74, 6) is -0.552. The molecule has 0 aliphatic heterocycles. The molecule has 0 bridgehead atoms. The van der Waals surface area contributed by atoms with Gasteiger partial charge < -0.3 is 9.47 Å². The molecule has 0 unspecified atom stereocenters. The van der Waals surface area contributed by atoms with Gasteiger partial charge in [-0.3, -0.25) is 4.72 Å². The Balaban J connectivity index is 2.39. The molecule has 0 spiro atoms. The van der Waals surface area contributed by atoms with Crippen molar-refractivity contribution in [2.45, 2.75) is 17.7 Å². The average Bonchev–Trinajstić information content (AvgIpc) is 2.53. The van der Waals surface area contributed by atoms with Crippen LogP contribution in [0.2, 0.25) is 5.02 Å². The second kappa shape index (κ2) is 7.77. The summed E-state index contributed by atoms with van der Waals surface area (Å²) in [5.41, 5.74) is -1.56. The van der Waals surface area contributed by atoms with Crippen molar-refractivity contribution in [2.24, 2.45) is 0 Å². The number of nitrogens with one attached hydrogen (secondary N) is 1. The summed E-state index contributed by atoms with van der Waals surface area (Å²) >= 11 is 5.46. The Morgan fingerprint density at radius 3 is 2.30 bits per heavy atom. The highest BCUT2D eigenvalue weighted by Crippen LogP contribution is 2.37. The lowest BCUT2D eigenvalue weighted by molar-refractivity contribution is -0.137. The molecule has 0 heterocycles. The molecule has 148 valence electrons. The molecule has 2 aromatic carbocycles. The summed E-state index contributed by atoms with van der Waals surface area (Å²) in [6, 6.07) is 5.25. The zero-order valence-corrected chi connectivity index (χ0v) is 14.9. The predicted molar refractivity (Wildman–Crippen MR) is 86.9 cm³/mol. The fraction of sp³-hybridized carbons (Fsp3) is 0.200. The monoisotopic (exact) mass is 431 g/mol. The van der Waals surface area contributed by atoms with Crippen molar-refractivity contribution in [3.63, 3.8) is 0 Å². The van der Waals surface area contributed by atoms with E-state index in [1.807, 2.05) is 4.72 Å². The van der Waals surface area contributed by atoms with Crippen molar-refractivity contribution in [1.29, 1.82) is 0 Å². The van der Waals surface area contributed by atoms with Crippen molar-refractivity contribution in [2.75, 3.05) is 11.8 Å². The Morgan fingerprint density at radius 2 is 1.74 bits per heavy atom. The van der Waals surface area contributed by atoms with Gasteiger partial charge in [0, 0.05) is 6.07 Å². The molecule has 0 saturated carbocycles. The van der Waals surface area contributed by atoms with E-state index in [4.69, 9.17) is 16.3 Å². The second-order valence-corrected chi connectivity index (χ2v) is 7.08. The van der Waals surface area contributed by atoms with Gasteiger partial charge in [0.05, 0.1) is 28.3 Å². The zero-order valence-electron chi connectivity index (χ0n) is 13.4. The van der Waals surface area contributed by atoms with Crippen LogP contribution in [-0.4, -0.2) is 22.1 Å². The fourth-order valence-corrected chi connectivity index (χ4v) is 3.33. The maximum absolute atomic E-state index is 12.9. The average molecular weight is 432 g/mol. The topological polar surface area (TPSA) is 64.6 Å². The number of benzene rings is 2. The van der Waals surface area contributed by atoms with Crippen LogP contribution in [0.1, 0.15) is 5.56 Å². The van der Waals surface area contributed by atoms with Gasteiger partial charge in [0.2, 0.25) is 0 Å². The zero-order chi connectivity index (χ0) is 20.4. The molecule has 5 nitrogen and oxygen atoms in total. The Hall–Kier alpha value is -2.27. The first-order valence-corrected chi connectivity index (χ1v) is 8.82. The van der Waals surface area contributed by atoms with E-state index in [1.54, 1.807) is 0 Å². The lowest BCUT2D eigenvalue weighted by atomic mass is 10.2. The quantitative estimate of drug-likeness (QED) is 0.669. The molecule has 2 aromatic rings. The van der Waals surface area contributed by atoms with Gasteiger partial charge in [-0.1, -0.05) is 11.6 Å². The molecule has 0 amide bonds. The molecule has 0 aromatic heterocycles. The molecule has 1 N–H and O–H groups in total. The minimum absolute atomic E-state index is 0.0934. The van der Waals surface area contributed by atoms with Crippen LogP contribution in [0.15, 0.2) is 41.3 Å². The number of halogens is 6. The predicted octanol–water partition coefficient (Wildman–Crippen LogP) is 4.77. The minimum atomic E-state index is -4.86. The minimum Gasteiger partial charge on any atom is -0.493 e. The third-order valence-corrected chi connectivity index (χ3v) is 4.89. The van der Waals surface area contributed by atoms with Crippen LogP contribution < -0.4 is 14.2 Å². The summed E-state index contributed by atoms with van der Waals surface area (Å²) in [6.45, 7) is -3.20. The van der Waals surface area contributed by atoms with E-state index < -0.39 is 44.0 Å². The van der Waals surface area contributed by atoms with Crippen LogP contribution in [0.4, 0.5) is 27.6 Å². The van der Waals surface area contributed by atoms with Crippen LogP contribution in [0.5, 0.6) is 11.5 Å². The van der Waals surface area contributed by atoms with Crippen LogP contribution in [0, 0.1) is 0 Å². The van der Waals surface area contributed by atoms with Crippen molar-refractivity contribution in [1.82, 2.24) is 0 Å². The molecular weight excluding hydrogens is 421 g/mol. The molecular formula is C15H11ClF5NO4S. The van der Waals surface area contributed by atoms with Crippen LogP contribution >= 0.6 is 11.6 Å². The number of alkyl halides is 5. The summed E-state index contributed by atoms with van der Waals surface area (Å²) in [7, 11) is -3.29. The lowest BCUT2D eigenvalue weighted by Gasteiger charge is -2.14. The molecule has 0 radical (unpaired) electrons. The van der Waals surface area contributed by atoms with Gasteiger partial charge in [0.25, 0.3) is 10.0 Å². The van der Waals surface area contributed by atoms with E-state index in [9.17, 15) is 30.4 Å². The van der Waals surface area contributed by atoms with Gasteiger partial charge >= 0.3 is 12.8 Å². The number of methoxy groups -OCH3 is 1. The van der Waals surface area contributed by atoms with E-state index in [2.05, 4.69) is 4.74 Å². The molecule has 0 atom stereocenters. The third-order valence-electron chi connectivity index (χ3n) is 3.19. The molecule has 0 saturated heterocycles. The third kappa shape index (κ3) is 5.13. The first-order valence-electron chi connectivity index (χ1n) is 6.96. The van der Waals surface area contributed by atoms with E-state index in [-0.39, 0.29) is 11.4 Å². The van der Waals surface area contributed by atoms with Crippen molar-refractivity contribution in [3.05, 3.63) is 47.0 Å². The van der Waals surface area contributed by atoms with Gasteiger partial charge in [0.1, 0.15) is 0 Å². The molecule has 0 aliphatic rings.